The molecular formula is C15H22N4O. The van der Waals surface area contributed by atoms with Gasteiger partial charge < -0.3 is 4.74 Å². The molecule has 0 amide bonds. The Balaban J connectivity index is 2.31. The summed E-state index contributed by atoms with van der Waals surface area (Å²) in [6, 6.07) is 9.96. The molecule has 5 heteroatoms. The van der Waals surface area contributed by atoms with E-state index in [2.05, 4.69) is 23.5 Å². The molecule has 0 fully saturated rings. The van der Waals surface area contributed by atoms with E-state index >= 15 is 0 Å². The molecule has 5 nitrogen and oxygen atoms in total. The van der Waals surface area contributed by atoms with Gasteiger partial charge in [-0.2, -0.15) is 5.10 Å². The number of aryl methyl sites for hydroxylation is 2. The fourth-order valence-electron chi connectivity index (χ4n) is 2.33. The van der Waals surface area contributed by atoms with Crippen LogP contribution in [0, 0.1) is 6.92 Å². The maximum Gasteiger partial charge on any atom is 0.119 e. The number of aromatic nitrogens is 2. The first-order valence-corrected chi connectivity index (χ1v) is 6.92. The average molecular weight is 274 g/mol. The van der Waals surface area contributed by atoms with Crippen molar-refractivity contribution in [3.8, 4) is 5.75 Å². The molecule has 0 aliphatic heterocycles. The van der Waals surface area contributed by atoms with Crippen LogP contribution in [0.15, 0.2) is 30.3 Å². The van der Waals surface area contributed by atoms with Crippen LogP contribution in [-0.2, 0) is 6.54 Å². The minimum absolute atomic E-state index is 0.0770. The van der Waals surface area contributed by atoms with Gasteiger partial charge in [-0.05, 0) is 44.5 Å². The van der Waals surface area contributed by atoms with Crippen LogP contribution in [0.4, 0.5) is 0 Å². The summed E-state index contributed by atoms with van der Waals surface area (Å²) in [5.41, 5.74) is 6.02. The maximum absolute atomic E-state index is 5.74. The normalized spacial score (nSPS) is 12.4. The lowest BCUT2D eigenvalue weighted by Crippen LogP contribution is -2.30. The van der Waals surface area contributed by atoms with Gasteiger partial charge >= 0.3 is 0 Å². The van der Waals surface area contributed by atoms with Crippen molar-refractivity contribution in [1.29, 1.82) is 0 Å². The first-order chi connectivity index (χ1) is 9.69. The van der Waals surface area contributed by atoms with Gasteiger partial charge in [0.25, 0.3) is 0 Å². The van der Waals surface area contributed by atoms with Crippen molar-refractivity contribution in [2.45, 2.75) is 33.4 Å². The molecule has 1 aromatic heterocycles. The summed E-state index contributed by atoms with van der Waals surface area (Å²) in [6.45, 7) is 7.52. The highest BCUT2D eigenvalue weighted by Crippen LogP contribution is 2.24. The number of hydrogen-bond acceptors (Lipinski definition) is 4. The number of nitrogens with one attached hydrogen (secondary N) is 1. The number of nitrogens with zero attached hydrogens (tertiary/aromatic N) is 2. The van der Waals surface area contributed by atoms with E-state index in [0.29, 0.717) is 6.61 Å². The Hall–Kier alpha value is -1.85. The Morgan fingerprint density at radius 2 is 2.00 bits per heavy atom. The Morgan fingerprint density at radius 3 is 2.55 bits per heavy atom. The number of hydrogen-bond donors (Lipinski definition) is 2. The van der Waals surface area contributed by atoms with Crippen LogP contribution in [0.25, 0.3) is 0 Å². The van der Waals surface area contributed by atoms with Crippen molar-refractivity contribution in [3.63, 3.8) is 0 Å². The van der Waals surface area contributed by atoms with Gasteiger partial charge in [0.1, 0.15) is 5.75 Å². The summed E-state index contributed by atoms with van der Waals surface area (Å²) in [5, 5.41) is 4.47. The predicted octanol–water partition coefficient (Wildman–Crippen LogP) is 2.16. The third-order valence-corrected chi connectivity index (χ3v) is 3.22. The van der Waals surface area contributed by atoms with Gasteiger partial charge in [0.15, 0.2) is 0 Å². The molecule has 20 heavy (non-hydrogen) atoms. The molecule has 0 saturated heterocycles. The molecule has 2 aromatic rings. The molecule has 1 aromatic carbocycles. The fourth-order valence-corrected chi connectivity index (χ4v) is 2.33. The smallest absolute Gasteiger partial charge is 0.119 e. The minimum atomic E-state index is -0.0770. The van der Waals surface area contributed by atoms with Crippen molar-refractivity contribution >= 4 is 0 Å². The molecule has 2 rings (SSSR count). The van der Waals surface area contributed by atoms with E-state index in [1.165, 1.54) is 0 Å². The summed E-state index contributed by atoms with van der Waals surface area (Å²) in [7, 11) is 0. The zero-order chi connectivity index (χ0) is 14.5. The Labute approximate surface area is 119 Å². The van der Waals surface area contributed by atoms with Crippen LogP contribution in [0.2, 0.25) is 0 Å². The zero-order valence-corrected chi connectivity index (χ0v) is 12.3. The van der Waals surface area contributed by atoms with Crippen molar-refractivity contribution in [3.05, 3.63) is 47.3 Å². The molecule has 0 spiro atoms. The second kappa shape index (κ2) is 6.54. The van der Waals surface area contributed by atoms with E-state index in [4.69, 9.17) is 10.6 Å². The second-order valence-corrected chi connectivity index (χ2v) is 4.63. The second-order valence-electron chi connectivity index (χ2n) is 4.63. The summed E-state index contributed by atoms with van der Waals surface area (Å²) in [6.07, 6.45) is 0. The summed E-state index contributed by atoms with van der Waals surface area (Å²) < 4.78 is 7.43. The molecule has 1 heterocycles. The quantitative estimate of drug-likeness (QED) is 0.626. The van der Waals surface area contributed by atoms with Crippen molar-refractivity contribution < 1.29 is 4.74 Å². The molecule has 0 bridgehead atoms. The first kappa shape index (κ1) is 14.6. The van der Waals surface area contributed by atoms with Gasteiger partial charge in [0.05, 0.1) is 24.0 Å². The summed E-state index contributed by atoms with van der Waals surface area (Å²) in [5.74, 6) is 6.61. The van der Waals surface area contributed by atoms with E-state index in [1.807, 2.05) is 42.8 Å². The fraction of sp³-hybridized carbons (Fsp3) is 0.400. The lowest BCUT2D eigenvalue weighted by molar-refractivity contribution is 0.340. The summed E-state index contributed by atoms with van der Waals surface area (Å²) >= 11 is 0. The standard InChI is InChI=1S/C15H22N4O/c1-4-19-14(10-11(3)18-19)15(17-16)12-6-8-13(9-7-12)20-5-2/h6-10,15,17H,4-5,16H2,1-3H3. The molecule has 0 aliphatic carbocycles. The molecule has 0 saturated carbocycles. The Bertz CT molecular complexity index is 548. The monoisotopic (exact) mass is 274 g/mol. The number of hydrazine groups is 1. The van der Waals surface area contributed by atoms with Crippen LogP contribution < -0.4 is 16.0 Å². The highest BCUT2D eigenvalue weighted by Gasteiger charge is 2.17. The SMILES string of the molecule is CCOc1ccc(C(NN)c2cc(C)nn2CC)cc1. The Kier molecular flexibility index (Phi) is 4.76. The molecule has 1 atom stereocenters. The number of rotatable bonds is 6. The molecular weight excluding hydrogens is 252 g/mol. The first-order valence-electron chi connectivity index (χ1n) is 6.92. The lowest BCUT2D eigenvalue weighted by Gasteiger charge is -2.18. The van der Waals surface area contributed by atoms with E-state index in [0.717, 1.165) is 29.2 Å². The van der Waals surface area contributed by atoms with Gasteiger partial charge in [0, 0.05) is 6.54 Å². The number of nitrogens with two attached hydrogens (primary N) is 1. The maximum atomic E-state index is 5.74. The van der Waals surface area contributed by atoms with Gasteiger partial charge in [-0.15, -0.1) is 0 Å². The van der Waals surface area contributed by atoms with Crippen LogP contribution in [-0.4, -0.2) is 16.4 Å². The van der Waals surface area contributed by atoms with E-state index in [9.17, 15) is 0 Å². The average Bonchev–Trinajstić information content (AvgIpc) is 2.83. The highest BCUT2D eigenvalue weighted by atomic mass is 16.5. The molecule has 0 radical (unpaired) electrons. The van der Waals surface area contributed by atoms with E-state index in [-0.39, 0.29) is 6.04 Å². The predicted molar refractivity (Wildman–Crippen MR) is 79.4 cm³/mol. The van der Waals surface area contributed by atoms with Crippen LogP contribution >= 0.6 is 0 Å². The highest BCUT2D eigenvalue weighted by molar-refractivity contribution is 5.33. The van der Waals surface area contributed by atoms with Crippen LogP contribution in [0.3, 0.4) is 0 Å². The minimum Gasteiger partial charge on any atom is -0.494 e. The third-order valence-electron chi connectivity index (χ3n) is 3.22. The Morgan fingerprint density at radius 1 is 1.30 bits per heavy atom. The molecule has 0 aliphatic rings. The van der Waals surface area contributed by atoms with Crippen molar-refractivity contribution in [1.82, 2.24) is 15.2 Å². The van der Waals surface area contributed by atoms with Gasteiger partial charge in [-0.1, -0.05) is 12.1 Å². The van der Waals surface area contributed by atoms with Gasteiger partial charge in [0.2, 0.25) is 0 Å². The van der Waals surface area contributed by atoms with Crippen molar-refractivity contribution in [2.75, 3.05) is 6.61 Å². The van der Waals surface area contributed by atoms with Gasteiger partial charge in [-0.25, -0.2) is 5.43 Å². The number of ether oxygens (including phenoxy) is 1. The number of benzene rings is 1. The van der Waals surface area contributed by atoms with E-state index < -0.39 is 0 Å². The largest absolute Gasteiger partial charge is 0.494 e. The van der Waals surface area contributed by atoms with Crippen LogP contribution in [0.5, 0.6) is 5.75 Å². The molecule has 1 unspecified atom stereocenters. The van der Waals surface area contributed by atoms with E-state index in [1.54, 1.807) is 0 Å². The van der Waals surface area contributed by atoms with Crippen LogP contribution in [0.1, 0.15) is 36.8 Å². The third kappa shape index (κ3) is 3.00. The zero-order valence-electron chi connectivity index (χ0n) is 12.3. The molecule has 108 valence electrons. The van der Waals surface area contributed by atoms with Crippen molar-refractivity contribution in [2.24, 2.45) is 5.84 Å². The lowest BCUT2D eigenvalue weighted by atomic mass is 10.0. The topological polar surface area (TPSA) is 65.1 Å². The van der Waals surface area contributed by atoms with Gasteiger partial charge in [-0.3, -0.25) is 10.5 Å². The summed E-state index contributed by atoms with van der Waals surface area (Å²) in [4.78, 5) is 0. The molecule has 3 N–H and O–H groups in total.